The zero-order valence-electron chi connectivity index (χ0n) is 16.0. The third-order valence-electron chi connectivity index (χ3n) is 5.46. The van der Waals surface area contributed by atoms with Gasteiger partial charge in [0.2, 0.25) is 0 Å². The van der Waals surface area contributed by atoms with Crippen LogP contribution in [-0.4, -0.2) is 22.6 Å². The van der Waals surface area contributed by atoms with Crippen molar-refractivity contribution in [2.24, 2.45) is 0 Å². The minimum Gasteiger partial charge on any atom is -0.478 e. The summed E-state index contributed by atoms with van der Waals surface area (Å²) >= 11 is 5.59. The van der Waals surface area contributed by atoms with Gasteiger partial charge in [-0.25, -0.2) is 13.6 Å². The van der Waals surface area contributed by atoms with E-state index in [-0.39, 0.29) is 11.6 Å². The second-order valence-electron chi connectivity index (χ2n) is 7.30. The number of aromatic nitrogens is 1. The fourth-order valence-corrected chi connectivity index (χ4v) is 4.06. The average molecular weight is 429 g/mol. The highest BCUT2D eigenvalue weighted by molar-refractivity contribution is 6.31. The molecule has 3 aromatic rings. The van der Waals surface area contributed by atoms with Crippen molar-refractivity contribution in [3.63, 3.8) is 0 Å². The molecule has 0 saturated carbocycles. The number of carbonyl (C=O) groups is 1. The number of benzene rings is 2. The van der Waals surface area contributed by atoms with Crippen molar-refractivity contribution in [3.8, 4) is 11.1 Å². The molecule has 30 heavy (non-hydrogen) atoms. The number of carboxylic acid groups (broad SMARTS) is 1. The lowest BCUT2D eigenvalue weighted by atomic mass is 9.88. The number of nitrogens with zero attached hydrogens (tertiary/aromatic N) is 1. The van der Waals surface area contributed by atoms with Crippen LogP contribution in [0.2, 0.25) is 5.02 Å². The van der Waals surface area contributed by atoms with Gasteiger partial charge in [0.1, 0.15) is 16.7 Å². The van der Waals surface area contributed by atoms with Crippen molar-refractivity contribution >= 4 is 17.6 Å². The summed E-state index contributed by atoms with van der Waals surface area (Å²) < 4.78 is 27.7. The summed E-state index contributed by atoms with van der Waals surface area (Å²) in [5.41, 5.74) is 4.35. The first kappa shape index (κ1) is 20.4. The van der Waals surface area contributed by atoms with Crippen molar-refractivity contribution in [1.82, 2.24) is 10.3 Å². The third kappa shape index (κ3) is 4.06. The summed E-state index contributed by atoms with van der Waals surface area (Å²) in [6.07, 6.45) is 5.15. The molecule has 4 nitrogen and oxygen atoms in total. The molecule has 0 bridgehead atoms. The van der Waals surface area contributed by atoms with Crippen LogP contribution >= 0.6 is 11.6 Å². The Morgan fingerprint density at radius 1 is 1.17 bits per heavy atom. The quantitative estimate of drug-likeness (QED) is 0.548. The first-order chi connectivity index (χ1) is 14.4. The second kappa shape index (κ2) is 8.50. The zero-order chi connectivity index (χ0) is 21.3. The summed E-state index contributed by atoms with van der Waals surface area (Å²) in [7, 11) is 0. The van der Waals surface area contributed by atoms with Crippen LogP contribution in [0.1, 0.15) is 39.5 Å². The molecule has 0 amide bonds. The number of aromatic carboxylic acids is 1. The van der Waals surface area contributed by atoms with Crippen LogP contribution in [0.15, 0.2) is 48.8 Å². The van der Waals surface area contributed by atoms with Crippen molar-refractivity contribution in [3.05, 3.63) is 87.7 Å². The molecule has 154 valence electrons. The number of rotatable bonds is 5. The fraction of sp³-hybridized carbons (Fsp3) is 0.217. The first-order valence-corrected chi connectivity index (χ1v) is 9.99. The van der Waals surface area contributed by atoms with Gasteiger partial charge in [-0.2, -0.15) is 0 Å². The van der Waals surface area contributed by atoms with Crippen molar-refractivity contribution in [2.45, 2.75) is 25.3 Å². The predicted molar refractivity (Wildman–Crippen MR) is 111 cm³/mol. The monoisotopic (exact) mass is 428 g/mol. The molecule has 2 heterocycles. The summed E-state index contributed by atoms with van der Waals surface area (Å²) in [4.78, 5) is 15.5. The molecule has 1 aliphatic rings. The summed E-state index contributed by atoms with van der Waals surface area (Å²) in [5.74, 6) is -2.53. The van der Waals surface area contributed by atoms with Gasteiger partial charge in [-0.05, 0) is 71.8 Å². The highest BCUT2D eigenvalue weighted by Crippen LogP contribution is 2.33. The standard InChI is InChI=1S/C23H19ClF2N2O2/c24-22-19(25)10-16(11-20(22)26)13-1-3-17-14(9-13)5-8-28-21(17)4-2-15-12-27-7-6-18(15)23(29)30/h1,3,6-7,9-12,21,28H,2,4-5,8H2,(H,29,30)/t21-/m1/s1. The van der Waals surface area contributed by atoms with E-state index in [1.54, 1.807) is 6.20 Å². The lowest BCUT2D eigenvalue weighted by Gasteiger charge is -2.28. The maximum atomic E-state index is 13.8. The largest absolute Gasteiger partial charge is 0.478 e. The second-order valence-corrected chi connectivity index (χ2v) is 7.68. The van der Waals surface area contributed by atoms with E-state index in [0.29, 0.717) is 24.0 Å². The zero-order valence-corrected chi connectivity index (χ0v) is 16.7. The molecule has 4 rings (SSSR count). The van der Waals surface area contributed by atoms with E-state index in [1.807, 2.05) is 18.2 Å². The van der Waals surface area contributed by atoms with Crippen LogP contribution in [0.3, 0.4) is 0 Å². The van der Waals surface area contributed by atoms with Gasteiger partial charge >= 0.3 is 5.97 Å². The maximum absolute atomic E-state index is 13.8. The van der Waals surface area contributed by atoms with Gasteiger partial charge in [-0.15, -0.1) is 0 Å². The Hall–Kier alpha value is -2.83. The first-order valence-electron chi connectivity index (χ1n) is 9.61. The number of nitrogens with one attached hydrogen (secondary N) is 1. The van der Waals surface area contributed by atoms with E-state index < -0.39 is 22.6 Å². The molecule has 0 fully saturated rings. The van der Waals surface area contributed by atoms with Crippen LogP contribution in [0.4, 0.5) is 8.78 Å². The van der Waals surface area contributed by atoms with Gasteiger partial charge in [0.05, 0.1) is 5.56 Å². The van der Waals surface area contributed by atoms with E-state index >= 15 is 0 Å². The van der Waals surface area contributed by atoms with E-state index in [2.05, 4.69) is 10.3 Å². The smallest absolute Gasteiger partial charge is 0.336 e. The maximum Gasteiger partial charge on any atom is 0.336 e. The van der Waals surface area contributed by atoms with Gasteiger partial charge in [0.15, 0.2) is 0 Å². The number of pyridine rings is 1. The number of carboxylic acids is 1. The lowest BCUT2D eigenvalue weighted by Crippen LogP contribution is -2.30. The third-order valence-corrected chi connectivity index (χ3v) is 5.82. The van der Waals surface area contributed by atoms with Crippen LogP contribution in [0, 0.1) is 11.6 Å². The van der Waals surface area contributed by atoms with Gasteiger partial charge < -0.3 is 10.4 Å². The van der Waals surface area contributed by atoms with E-state index in [9.17, 15) is 18.7 Å². The molecule has 0 aliphatic carbocycles. The summed E-state index contributed by atoms with van der Waals surface area (Å²) in [5, 5.41) is 12.3. The number of hydrogen-bond acceptors (Lipinski definition) is 3. The molecular weight excluding hydrogens is 410 g/mol. The predicted octanol–water partition coefficient (Wildman–Crippen LogP) is 5.20. The van der Waals surface area contributed by atoms with Crippen molar-refractivity contribution in [1.29, 1.82) is 0 Å². The molecule has 2 N–H and O–H groups in total. The molecule has 0 unspecified atom stereocenters. The van der Waals surface area contributed by atoms with Crippen LogP contribution < -0.4 is 5.32 Å². The van der Waals surface area contributed by atoms with Crippen LogP contribution in [0.25, 0.3) is 11.1 Å². The molecule has 0 spiro atoms. The lowest BCUT2D eigenvalue weighted by molar-refractivity contribution is 0.0695. The molecular formula is C23H19ClF2N2O2. The topological polar surface area (TPSA) is 62.2 Å². The van der Waals surface area contributed by atoms with E-state index in [1.165, 1.54) is 24.4 Å². The average Bonchev–Trinajstić information content (AvgIpc) is 2.75. The molecule has 1 aliphatic heterocycles. The van der Waals surface area contributed by atoms with E-state index in [4.69, 9.17) is 11.6 Å². The minimum atomic E-state index is -0.962. The molecule has 1 aromatic heterocycles. The Balaban J connectivity index is 1.58. The molecule has 7 heteroatoms. The Morgan fingerprint density at radius 3 is 2.67 bits per heavy atom. The van der Waals surface area contributed by atoms with Gasteiger partial charge in [-0.3, -0.25) is 4.98 Å². The SMILES string of the molecule is O=C(O)c1ccncc1CC[C@H]1NCCc2cc(-c3cc(F)c(Cl)c(F)c3)ccc21. The van der Waals surface area contributed by atoms with Crippen LogP contribution in [-0.2, 0) is 12.8 Å². The summed E-state index contributed by atoms with van der Waals surface area (Å²) in [6.45, 7) is 0.767. The van der Waals surface area contributed by atoms with Crippen LogP contribution in [0.5, 0.6) is 0 Å². The van der Waals surface area contributed by atoms with Gasteiger partial charge in [0.25, 0.3) is 0 Å². The normalized spacial score (nSPS) is 15.6. The highest BCUT2D eigenvalue weighted by Gasteiger charge is 2.21. The van der Waals surface area contributed by atoms with Crippen molar-refractivity contribution < 1.29 is 18.7 Å². The van der Waals surface area contributed by atoms with E-state index in [0.717, 1.165) is 29.7 Å². The number of aryl methyl sites for hydroxylation is 1. The Bertz CT molecular complexity index is 1100. The number of hydrogen-bond donors (Lipinski definition) is 2. The number of halogens is 3. The minimum absolute atomic E-state index is 0.0586. The Labute approximate surface area is 177 Å². The molecule has 0 saturated heterocycles. The molecule has 1 atom stereocenters. The fourth-order valence-electron chi connectivity index (χ4n) is 3.95. The highest BCUT2D eigenvalue weighted by atomic mass is 35.5. The summed E-state index contributed by atoms with van der Waals surface area (Å²) in [6, 6.07) is 9.81. The number of fused-ring (bicyclic) bond motifs is 1. The Morgan fingerprint density at radius 2 is 1.93 bits per heavy atom. The van der Waals surface area contributed by atoms with Gasteiger partial charge in [-0.1, -0.05) is 29.8 Å². The Kier molecular flexibility index (Phi) is 5.79. The molecule has 2 aromatic carbocycles. The van der Waals surface area contributed by atoms with Gasteiger partial charge in [0, 0.05) is 18.4 Å². The molecule has 0 radical (unpaired) electrons. The van der Waals surface area contributed by atoms with Crippen molar-refractivity contribution in [2.75, 3.05) is 6.54 Å².